The number of hydrogen-bond acceptors (Lipinski definition) is 11. The maximum atomic E-state index is 13.5. The minimum absolute atomic E-state index is 0.0373. The average molecular weight is 643 g/mol. The fourth-order valence-corrected chi connectivity index (χ4v) is 6.79. The molecule has 0 radical (unpaired) electrons. The molecule has 47 heavy (non-hydrogen) atoms. The van der Waals surface area contributed by atoms with Crippen LogP contribution in [-0.4, -0.2) is 69.8 Å². The lowest BCUT2D eigenvalue weighted by Gasteiger charge is -2.49. The smallest absolute Gasteiger partial charge is 0.254 e. The van der Waals surface area contributed by atoms with Crippen molar-refractivity contribution in [3.63, 3.8) is 0 Å². The second kappa shape index (κ2) is 12.8. The van der Waals surface area contributed by atoms with Gasteiger partial charge in [-0.1, -0.05) is 18.2 Å². The fourth-order valence-electron chi connectivity index (χ4n) is 6.79. The van der Waals surface area contributed by atoms with Gasteiger partial charge in [0.2, 0.25) is 5.78 Å². The lowest BCUT2D eigenvalue weighted by atomic mass is 9.60. The van der Waals surface area contributed by atoms with Crippen LogP contribution in [0, 0.1) is 23.7 Å². The van der Waals surface area contributed by atoms with Gasteiger partial charge in [-0.2, -0.15) is 0 Å². The maximum absolute atomic E-state index is 13.5. The van der Waals surface area contributed by atoms with Crippen molar-refractivity contribution >= 4 is 23.9 Å². The zero-order valence-corrected chi connectivity index (χ0v) is 25.9. The maximum Gasteiger partial charge on any atom is 0.254 e. The van der Waals surface area contributed by atoms with Crippen molar-refractivity contribution < 1.29 is 38.9 Å². The number of likely N-dealkylation sites (N-methyl/N-ethyl adjacent to an activating group) is 1. The Balaban J connectivity index is 1.57. The number of phenols is 1. The molecule has 13 nitrogen and oxygen atoms in total. The Hall–Kier alpha value is -5.40. The number of nitrogens with two attached hydrogens (primary N) is 1. The van der Waals surface area contributed by atoms with Crippen LogP contribution in [0.15, 0.2) is 87.0 Å². The molecule has 3 aromatic rings. The Labute approximate surface area is 269 Å². The molecule has 5 rings (SSSR count). The molecule has 0 aliphatic heterocycles. The van der Waals surface area contributed by atoms with Gasteiger partial charge in [-0.05, 0) is 97.5 Å². The van der Waals surface area contributed by atoms with Gasteiger partial charge in [0.15, 0.2) is 5.60 Å². The number of phenolic OH excluding ortho intramolecular Hbond substituents is 1. The summed E-state index contributed by atoms with van der Waals surface area (Å²) in [6, 6.07) is 12.3. The molecule has 0 saturated carbocycles. The van der Waals surface area contributed by atoms with E-state index in [1.165, 1.54) is 17.2 Å². The number of aliphatic hydroxyl groups is 2. The number of ketones is 1. The van der Waals surface area contributed by atoms with Crippen LogP contribution in [0.1, 0.15) is 33.7 Å². The number of furan rings is 1. The highest BCUT2D eigenvalue weighted by molar-refractivity contribution is 6.24. The van der Waals surface area contributed by atoms with Crippen molar-refractivity contribution in [2.24, 2.45) is 22.7 Å². The minimum Gasteiger partial charge on any atom is -0.508 e. The van der Waals surface area contributed by atoms with E-state index in [2.05, 4.69) is 10.5 Å². The van der Waals surface area contributed by atoms with Gasteiger partial charge in [-0.25, -0.2) is 0 Å². The molecule has 2 aliphatic carbocycles. The van der Waals surface area contributed by atoms with Gasteiger partial charge in [0.05, 0.1) is 18.8 Å². The van der Waals surface area contributed by atoms with Crippen molar-refractivity contribution in [3.8, 4) is 16.9 Å². The van der Waals surface area contributed by atoms with Crippen LogP contribution in [0.4, 0.5) is 0 Å². The summed E-state index contributed by atoms with van der Waals surface area (Å²) in [4.78, 5) is 64.7. The molecule has 4 atom stereocenters. The number of amides is 2. The highest BCUT2D eigenvalue weighted by Crippen LogP contribution is 2.50. The molecule has 0 saturated heterocycles. The second-order valence-electron chi connectivity index (χ2n) is 12.0. The molecule has 6 N–H and O–H groups in total. The average Bonchev–Trinajstić information content (AvgIpc) is 3.57. The van der Waals surface area contributed by atoms with Gasteiger partial charge in [0, 0.05) is 17.1 Å². The minimum atomic E-state index is -2.73. The van der Waals surface area contributed by atoms with Gasteiger partial charge in [-0.15, -0.1) is 4.91 Å². The normalized spacial score (nSPS) is 22.7. The quantitative estimate of drug-likeness (QED) is 0.124. The van der Waals surface area contributed by atoms with Crippen LogP contribution >= 0.6 is 0 Å². The number of nitrogens with one attached hydrogen (secondary N) is 1. The predicted molar refractivity (Wildman–Crippen MR) is 169 cm³/mol. The Morgan fingerprint density at radius 3 is 2.53 bits per heavy atom. The molecular formula is C34H34N4O9. The summed E-state index contributed by atoms with van der Waals surface area (Å²) in [7, 11) is 3.09. The van der Waals surface area contributed by atoms with E-state index in [0.717, 1.165) is 0 Å². The third-order valence-electron chi connectivity index (χ3n) is 9.13. The molecule has 2 amide bonds. The first-order valence-electron chi connectivity index (χ1n) is 14.8. The van der Waals surface area contributed by atoms with Crippen molar-refractivity contribution in [3.05, 3.63) is 105 Å². The molecular weight excluding hydrogens is 608 g/mol. The van der Waals surface area contributed by atoms with Crippen molar-refractivity contribution in [1.29, 1.82) is 0 Å². The van der Waals surface area contributed by atoms with E-state index in [4.69, 9.17) is 10.2 Å². The molecule has 0 bridgehead atoms. The molecule has 1 heterocycles. The van der Waals surface area contributed by atoms with E-state index in [1.807, 2.05) is 0 Å². The van der Waals surface area contributed by atoms with Gasteiger partial charge >= 0.3 is 0 Å². The zero-order valence-electron chi connectivity index (χ0n) is 25.9. The molecule has 0 fully saturated rings. The summed E-state index contributed by atoms with van der Waals surface area (Å²) >= 11 is 0. The number of fused-ring (bicyclic) bond motifs is 1. The summed E-state index contributed by atoms with van der Waals surface area (Å²) in [6.45, 7) is 1.87. The van der Waals surface area contributed by atoms with Gasteiger partial charge in [0.25, 0.3) is 11.8 Å². The van der Waals surface area contributed by atoms with Gasteiger partial charge < -0.3 is 35.7 Å². The number of nitroso groups, excluding NO2 is 1. The monoisotopic (exact) mass is 642 g/mol. The number of Topliss-reactive ketones (excluding diaryl/α,β-unsaturated/α-hetero) is 1. The molecule has 2 aromatic carbocycles. The first-order chi connectivity index (χ1) is 22.3. The number of primary amides is 1. The van der Waals surface area contributed by atoms with Crippen molar-refractivity contribution in [1.82, 2.24) is 10.2 Å². The lowest BCUT2D eigenvalue weighted by molar-refractivity contribution is -0.147. The van der Waals surface area contributed by atoms with Crippen LogP contribution in [0.2, 0.25) is 0 Å². The molecule has 244 valence electrons. The molecule has 0 unspecified atom stereocenters. The number of allylic oxidation sites excluding steroid dienone is 1. The highest BCUT2D eigenvalue weighted by Gasteiger charge is 2.62. The number of rotatable bonds is 10. The number of benzene rings is 2. The first-order valence-corrected chi connectivity index (χ1v) is 14.8. The Morgan fingerprint density at radius 1 is 1.17 bits per heavy atom. The standard InChI is InChI=1S/C34H34N4O9/c1-17-23(22(9-10-26(17)40)18-6-4-7-19(12-18)33(44)36-15-21-8-5-11-47-21)13-20-14-25-29(38(2)3)28(37-46)27(32(35)43)31(42)34(25,45)30(41)24(20)16-39/h4-12,16,20,25,29,40-41,45H,13-15H2,1-3H3,(H2,35,43)(H,36,44)/t20-,25-,29-,34-/m0/s1. The number of carbonyl (C=O) groups excluding carboxylic acids is 4. The topological polar surface area (TPSA) is 213 Å². The van der Waals surface area contributed by atoms with Crippen LogP contribution in [0.25, 0.3) is 11.1 Å². The van der Waals surface area contributed by atoms with Crippen LogP contribution in [0.5, 0.6) is 5.75 Å². The second-order valence-corrected chi connectivity index (χ2v) is 12.0. The Morgan fingerprint density at radius 2 is 1.91 bits per heavy atom. The Bertz CT molecular complexity index is 1840. The number of aliphatic hydroxyl groups excluding tert-OH is 1. The van der Waals surface area contributed by atoms with Crippen LogP contribution in [-0.2, 0) is 27.3 Å². The number of hydrogen-bond donors (Lipinski definition) is 5. The highest BCUT2D eigenvalue weighted by atomic mass is 16.3. The number of nitrogens with zero attached hydrogens (tertiary/aromatic N) is 2. The van der Waals surface area contributed by atoms with Crippen molar-refractivity contribution in [2.45, 2.75) is 38.0 Å². The van der Waals surface area contributed by atoms with Gasteiger partial charge in [-0.3, -0.25) is 19.2 Å². The van der Waals surface area contributed by atoms with E-state index in [0.29, 0.717) is 39.9 Å². The fraction of sp³-hybridized carbons (Fsp3) is 0.294. The number of aromatic hydroxyl groups is 1. The Kier molecular flexibility index (Phi) is 8.96. The molecule has 0 spiro atoms. The predicted octanol–water partition coefficient (Wildman–Crippen LogP) is 2.83. The summed E-state index contributed by atoms with van der Waals surface area (Å²) < 4.78 is 5.28. The van der Waals surface area contributed by atoms with E-state index in [1.54, 1.807) is 63.5 Å². The molecule has 1 aromatic heterocycles. The van der Waals surface area contributed by atoms with E-state index in [9.17, 15) is 39.4 Å². The lowest BCUT2D eigenvalue weighted by Crippen LogP contribution is -2.63. The SMILES string of the molecule is Cc1c(O)ccc(-c2cccc(C(=O)NCc3ccco3)c2)c1C[C@H]1C[C@H]2[C@H](N(C)C)C(N=O)=C(C(N)=O)C(=O)[C@@]2(O)C(O)=C1C=O. The van der Waals surface area contributed by atoms with E-state index >= 15 is 0 Å². The van der Waals surface area contributed by atoms with Crippen molar-refractivity contribution in [2.75, 3.05) is 14.1 Å². The summed E-state index contributed by atoms with van der Waals surface area (Å²) in [5.41, 5.74) is 3.75. The number of aldehydes is 1. The van der Waals surface area contributed by atoms with Crippen LogP contribution < -0.4 is 11.1 Å². The zero-order chi connectivity index (χ0) is 34.2. The van der Waals surface area contributed by atoms with E-state index in [-0.39, 0.29) is 36.6 Å². The first kappa shape index (κ1) is 33.0. The third kappa shape index (κ3) is 5.64. The van der Waals surface area contributed by atoms with Crippen LogP contribution in [0.3, 0.4) is 0 Å². The summed E-state index contributed by atoms with van der Waals surface area (Å²) in [5.74, 6) is -5.39. The summed E-state index contributed by atoms with van der Waals surface area (Å²) in [6.07, 6.45) is 1.79. The molecule has 13 heteroatoms. The number of carbonyl (C=O) groups is 4. The van der Waals surface area contributed by atoms with Gasteiger partial charge in [0.1, 0.15) is 34.8 Å². The molecule has 2 aliphatic rings. The largest absolute Gasteiger partial charge is 0.508 e. The third-order valence-corrected chi connectivity index (χ3v) is 9.13. The van der Waals surface area contributed by atoms with E-state index < -0.39 is 52.2 Å². The summed E-state index contributed by atoms with van der Waals surface area (Å²) in [5, 5.41) is 39.6.